The van der Waals surface area contributed by atoms with Gasteiger partial charge in [-0.25, -0.2) is 0 Å². The van der Waals surface area contributed by atoms with Crippen LogP contribution in [0, 0.1) is 0 Å². The van der Waals surface area contributed by atoms with Crippen LogP contribution in [0.3, 0.4) is 0 Å². The Labute approximate surface area is 153 Å². The molecule has 1 aromatic heterocycles. The first kappa shape index (κ1) is 17.1. The predicted octanol–water partition coefficient (Wildman–Crippen LogP) is 3.08. The number of nitrogens with zero attached hydrogens (tertiary/aromatic N) is 3. The summed E-state index contributed by atoms with van der Waals surface area (Å²) in [6, 6.07) is 14.6. The van der Waals surface area contributed by atoms with E-state index < -0.39 is 0 Å². The second-order valence-electron chi connectivity index (χ2n) is 7.03. The Morgan fingerprint density at radius 3 is 2.77 bits per heavy atom. The number of aliphatic hydroxyl groups is 1. The van der Waals surface area contributed by atoms with Crippen LogP contribution in [0.5, 0.6) is 5.75 Å². The molecule has 0 amide bonds. The number of hydrogen-bond donors (Lipinski definition) is 1. The smallest absolute Gasteiger partial charge is 0.119 e. The Balaban J connectivity index is 1.41. The third kappa shape index (κ3) is 3.89. The van der Waals surface area contributed by atoms with E-state index in [0.717, 1.165) is 54.7 Å². The normalized spacial score (nSPS) is 16.2. The van der Waals surface area contributed by atoms with Gasteiger partial charge >= 0.3 is 0 Å². The highest BCUT2D eigenvalue weighted by Gasteiger charge is 2.16. The van der Waals surface area contributed by atoms with Crippen LogP contribution in [0.2, 0.25) is 0 Å². The zero-order valence-corrected chi connectivity index (χ0v) is 15.1. The van der Waals surface area contributed by atoms with Gasteiger partial charge in [0.05, 0.1) is 11.6 Å². The third-order valence-corrected chi connectivity index (χ3v) is 5.02. The molecular formula is C21H25N3O2. The van der Waals surface area contributed by atoms with Gasteiger partial charge < -0.3 is 9.84 Å². The van der Waals surface area contributed by atoms with Gasteiger partial charge in [-0.2, -0.15) is 5.10 Å². The molecule has 0 bridgehead atoms. The molecule has 1 aliphatic heterocycles. The molecule has 26 heavy (non-hydrogen) atoms. The predicted molar refractivity (Wildman–Crippen MR) is 103 cm³/mol. The molecule has 0 unspecified atom stereocenters. The first-order chi connectivity index (χ1) is 12.7. The van der Waals surface area contributed by atoms with Gasteiger partial charge in [0.15, 0.2) is 0 Å². The lowest BCUT2D eigenvalue weighted by atomic mass is 10.0. The van der Waals surface area contributed by atoms with Gasteiger partial charge in [-0.05, 0) is 48.2 Å². The van der Waals surface area contributed by atoms with Crippen molar-refractivity contribution in [3.8, 4) is 16.9 Å². The summed E-state index contributed by atoms with van der Waals surface area (Å²) < 4.78 is 7.81. The van der Waals surface area contributed by atoms with E-state index in [1.165, 1.54) is 5.56 Å². The lowest BCUT2D eigenvalue weighted by Crippen LogP contribution is -2.38. The van der Waals surface area contributed by atoms with E-state index in [0.29, 0.717) is 6.61 Å². The van der Waals surface area contributed by atoms with Gasteiger partial charge in [-0.3, -0.25) is 9.58 Å². The lowest BCUT2D eigenvalue weighted by Gasteiger charge is -2.29. The van der Waals surface area contributed by atoms with Crippen LogP contribution in [-0.2, 0) is 7.05 Å². The van der Waals surface area contributed by atoms with Crippen LogP contribution in [0.1, 0.15) is 12.8 Å². The summed E-state index contributed by atoms with van der Waals surface area (Å²) in [6.45, 7) is 3.48. The molecule has 2 aromatic carbocycles. The van der Waals surface area contributed by atoms with Crippen molar-refractivity contribution >= 4 is 10.9 Å². The number of fused-ring (bicyclic) bond motifs is 1. The highest BCUT2D eigenvalue weighted by molar-refractivity contribution is 5.84. The highest BCUT2D eigenvalue weighted by atomic mass is 16.5. The maximum absolute atomic E-state index is 9.57. The number of ether oxygens (including phenoxy) is 1. The van der Waals surface area contributed by atoms with Gasteiger partial charge in [-0.15, -0.1) is 0 Å². The van der Waals surface area contributed by atoms with Crippen LogP contribution in [0.4, 0.5) is 0 Å². The van der Waals surface area contributed by atoms with Crippen molar-refractivity contribution in [2.45, 2.75) is 18.9 Å². The summed E-state index contributed by atoms with van der Waals surface area (Å²) in [5.74, 6) is 0.894. The minimum Gasteiger partial charge on any atom is -0.492 e. The maximum Gasteiger partial charge on any atom is 0.119 e. The van der Waals surface area contributed by atoms with Crippen molar-refractivity contribution in [2.75, 3.05) is 26.2 Å². The largest absolute Gasteiger partial charge is 0.492 e. The van der Waals surface area contributed by atoms with E-state index in [1.807, 2.05) is 30.1 Å². The summed E-state index contributed by atoms with van der Waals surface area (Å²) in [5.41, 5.74) is 3.32. The Hall–Kier alpha value is -2.37. The number of piperidine rings is 1. The fraction of sp³-hybridized carbons (Fsp3) is 0.381. The standard InChI is InChI=1S/C21H25N3O2/c1-23-15-18-13-17(5-6-21(18)22-23)16-3-2-4-20(14-16)26-12-11-24-9-7-19(25)8-10-24/h2-6,13-15,19,25H,7-12H2,1H3. The maximum atomic E-state index is 9.57. The second-order valence-corrected chi connectivity index (χ2v) is 7.03. The van der Waals surface area contributed by atoms with Crippen molar-refractivity contribution in [1.82, 2.24) is 14.7 Å². The Morgan fingerprint density at radius 1 is 1.12 bits per heavy atom. The topological polar surface area (TPSA) is 50.5 Å². The summed E-state index contributed by atoms with van der Waals surface area (Å²) in [5, 5.41) is 15.1. The molecular weight excluding hydrogens is 326 g/mol. The van der Waals surface area contributed by atoms with Gasteiger partial charge in [0.2, 0.25) is 0 Å². The van der Waals surface area contributed by atoms with Gasteiger partial charge in [0, 0.05) is 38.3 Å². The first-order valence-electron chi connectivity index (χ1n) is 9.24. The quantitative estimate of drug-likeness (QED) is 0.767. The molecule has 5 heteroatoms. The average Bonchev–Trinajstić information content (AvgIpc) is 3.03. The summed E-state index contributed by atoms with van der Waals surface area (Å²) in [6.07, 6.45) is 3.65. The van der Waals surface area contributed by atoms with E-state index in [4.69, 9.17) is 4.74 Å². The number of aliphatic hydroxyl groups excluding tert-OH is 1. The molecule has 0 spiro atoms. The van der Waals surface area contributed by atoms with E-state index in [-0.39, 0.29) is 6.10 Å². The zero-order chi connectivity index (χ0) is 17.9. The van der Waals surface area contributed by atoms with Crippen molar-refractivity contribution in [3.05, 3.63) is 48.7 Å². The fourth-order valence-corrected chi connectivity index (χ4v) is 3.53. The van der Waals surface area contributed by atoms with Crippen molar-refractivity contribution in [2.24, 2.45) is 7.05 Å². The van der Waals surface area contributed by atoms with E-state index in [9.17, 15) is 5.11 Å². The zero-order valence-electron chi connectivity index (χ0n) is 15.1. The molecule has 0 atom stereocenters. The summed E-state index contributed by atoms with van der Waals surface area (Å²) >= 11 is 0. The summed E-state index contributed by atoms with van der Waals surface area (Å²) in [7, 11) is 1.94. The Bertz CT molecular complexity index is 882. The minimum absolute atomic E-state index is 0.124. The van der Waals surface area contributed by atoms with E-state index >= 15 is 0 Å². The van der Waals surface area contributed by atoms with Crippen molar-refractivity contribution in [1.29, 1.82) is 0 Å². The Kier molecular flexibility index (Phi) is 4.91. The van der Waals surface area contributed by atoms with Crippen molar-refractivity contribution in [3.63, 3.8) is 0 Å². The molecule has 5 nitrogen and oxygen atoms in total. The van der Waals surface area contributed by atoms with Crippen LogP contribution in [-0.4, -0.2) is 52.1 Å². The molecule has 0 aliphatic carbocycles. The molecule has 1 fully saturated rings. The number of hydrogen-bond acceptors (Lipinski definition) is 4. The second kappa shape index (κ2) is 7.48. The summed E-state index contributed by atoms with van der Waals surface area (Å²) in [4.78, 5) is 2.35. The van der Waals surface area contributed by atoms with E-state index in [2.05, 4.69) is 40.3 Å². The number of aromatic nitrogens is 2. The number of aryl methyl sites for hydroxylation is 1. The molecule has 136 valence electrons. The first-order valence-corrected chi connectivity index (χ1v) is 9.24. The molecule has 1 N–H and O–H groups in total. The molecule has 2 heterocycles. The number of benzene rings is 2. The minimum atomic E-state index is -0.124. The molecule has 3 aromatic rings. The molecule has 1 aliphatic rings. The van der Waals surface area contributed by atoms with E-state index in [1.54, 1.807) is 0 Å². The molecule has 1 saturated heterocycles. The van der Waals surface area contributed by atoms with Gasteiger partial charge in [0.1, 0.15) is 12.4 Å². The van der Waals surface area contributed by atoms with Crippen LogP contribution < -0.4 is 4.74 Å². The third-order valence-electron chi connectivity index (χ3n) is 5.02. The number of rotatable bonds is 5. The van der Waals surface area contributed by atoms with Crippen molar-refractivity contribution < 1.29 is 9.84 Å². The Morgan fingerprint density at radius 2 is 1.92 bits per heavy atom. The monoisotopic (exact) mass is 351 g/mol. The lowest BCUT2D eigenvalue weighted by molar-refractivity contribution is 0.0755. The molecule has 0 saturated carbocycles. The SMILES string of the molecule is Cn1cc2cc(-c3cccc(OCCN4CCC(O)CC4)c3)ccc2n1. The highest BCUT2D eigenvalue weighted by Crippen LogP contribution is 2.26. The van der Waals surface area contributed by atoms with Gasteiger partial charge in [-0.1, -0.05) is 18.2 Å². The molecule has 0 radical (unpaired) electrons. The van der Waals surface area contributed by atoms with Crippen LogP contribution in [0.25, 0.3) is 22.0 Å². The van der Waals surface area contributed by atoms with Crippen LogP contribution >= 0.6 is 0 Å². The molecule has 4 rings (SSSR count). The van der Waals surface area contributed by atoms with Gasteiger partial charge in [0.25, 0.3) is 0 Å². The average molecular weight is 351 g/mol. The number of likely N-dealkylation sites (tertiary alicyclic amines) is 1. The van der Waals surface area contributed by atoms with Crippen LogP contribution in [0.15, 0.2) is 48.7 Å². The fourth-order valence-electron chi connectivity index (χ4n) is 3.53.